The standard InChI is InChI=1S/C14H14N2O3/c1-9-3-5-12(7-10(9)2)19-14-6-4-11(16(17)18)8-13(14)15/h3-8H,15H2,1-2H3. The maximum Gasteiger partial charge on any atom is 0.271 e. The molecule has 19 heavy (non-hydrogen) atoms. The van der Waals surface area contributed by atoms with Gasteiger partial charge in [0.1, 0.15) is 5.75 Å². The Balaban J connectivity index is 2.28. The van der Waals surface area contributed by atoms with E-state index in [1.54, 1.807) is 0 Å². The van der Waals surface area contributed by atoms with Gasteiger partial charge in [-0.05, 0) is 43.2 Å². The minimum absolute atomic E-state index is 0.0510. The number of nitrogens with two attached hydrogens (primary N) is 1. The zero-order chi connectivity index (χ0) is 14.0. The normalized spacial score (nSPS) is 10.2. The summed E-state index contributed by atoms with van der Waals surface area (Å²) in [4.78, 5) is 10.1. The van der Waals surface area contributed by atoms with Crippen LogP contribution in [0.4, 0.5) is 11.4 Å². The molecule has 0 radical (unpaired) electrons. The molecule has 0 amide bonds. The second-order valence-electron chi connectivity index (χ2n) is 4.33. The number of rotatable bonds is 3. The van der Waals surface area contributed by atoms with Gasteiger partial charge >= 0.3 is 0 Å². The molecule has 0 spiro atoms. The van der Waals surface area contributed by atoms with Crippen molar-refractivity contribution in [3.8, 4) is 11.5 Å². The summed E-state index contributed by atoms with van der Waals surface area (Å²) in [5, 5.41) is 10.6. The number of anilines is 1. The van der Waals surface area contributed by atoms with Crippen LogP contribution in [0.15, 0.2) is 36.4 Å². The molecular weight excluding hydrogens is 244 g/mol. The van der Waals surface area contributed by atoms with Crippen LogP contribution in [0.2, 0.25) is 0 Å². The lowest BCUT2D eigenvalue weighted by Crippen LogP contribution is -1.95. The summed E-state index contributed by atoms with van der Waals surface area (Å²) in [6, 6.07) is 9.84. The van der Waals surface area contributed by atoms with Gasteiger partial charge in [0, 0.05) is 12.1 Å². The molecular formula is C14H14N2O3. The van der Waals surface area contributed by atoms with Gasteiger partial charge in [-0.25, -0.2) is 0 Å². The van der Waals surface area contributed by atoms with Crippen LogP contribution >= 0.6 is 0 Å². The van der Waals surface area contributed by atoms with Crippen LogP contribution in [-0.4, -0.2) is 4.92 Å². The van der Waals surface area contributed by atoms with Gasteiger partial charge in [-0.3, -0.25) is 10.1 Å². The topological polar surface area (TPSA) is 78.4 Å². The second kappa shape index (κ2) is 4.97. The smallest absolute Gasteiger partial charge is 0.271 e. The molecule has 2 N–H and O–H groups in total. The van der Waals surface area contributed by atoms with Crippen molar-refractivity contribution in [3.63, 3.8) is 0 Å². The summed E-state index contributed by atoms with van der Waals surface area (Å²) in [7, 11) is 0. The zero-order valence-corrected chi connectivity index (χ0v) is 10.7. The van der Waals surface area contributed by atoms with Gasteiger partial charge < -0.3 is 10.5 Å². The van der Waals surface area contributed by atoms with Gasteiger partial charge in [-0.2, -0.15) is 0 Å². The highest BCUT2D eigenvalue weighted by atomic mass is 16.6. The van der Waals surface area contributed by atoms with Gasteiger partial charge in [0.2, 0.25) is 0 Å². The zero-order valence-electron chi connectivity index (χ0n) is 10.7. The Kier molecular flexibility index (Phi) is 3.37. The first-order valence-corrected chi connectivity index (χ1v) is 5.76. The molecule has 0 aliphatic carbocycles. The van der Waals surface area contributed by atoms with Crippen LogP contribution in [0.5, 0.6) is 11.5 Å². The van der Waals surface area contributed by atoms with Crippen LogP contribution in [0.3, 0.4) is 0 Å². The van der Waals surface area contributed by atoms with Gasteiger partial charge in [0.15, 0.2) is 5.75 Å². The predicted octanol–water partition coefficient (Wildman–Crippen LogP) is 3.59. The van der Waals surface area contributed by atoms with Crippen LogP contribution in [0.1, 0.15) is 11.1 Å². The van der Waals surface area contributed by atoms with Crippen molar-refractivity contribution in [2.24, 2.45) is 0 Å². The Morgan fingerprint density at radius 1 is 1.11 bits per heavy atom. The number of nitro groups is 1. The molecule has 0 bridgehead atoms. The number of aryl methyl sites for hydroxylation is 2. The first-order chi connectivity index (χ1) is 8.97. The van der Waals surface area contributed by atoms with Crippen LogP contribution in [-0.2, 0) is 0 Å². The maximum absolute atomic E-state index is 10.6. The van der Waals surface area contributed by atoms with Crippen molar-refractivity contribution in [1.29, 1.82) is 0 Å². The van der Waals surface area contributed by atoms with Crippen LogP contribution < -0.4 is 10.5 Å². The van der Waals surface area contributed by atoms with Crippen LogP contribution in [0.25, 0.3) is 0 Å². The summed E-state index contributed by atoms with van der Waals surface area (Å²) in [6.07, 6.45) is 0. The monoisotopic (exact) mass is 258 g/mol. The number of nitrogens with zero attached hydrogens (tertiary/aromatic N) is 1. The van der Waals surface area contributed by atoms with E-state index in [4.69, 9.17) is 10.5 Å². The highest BCUT2D eigenvalue weighted by molar-refractivity contribution is 5.59. The van der Waals surface area contributed by atoms with E-state index in [0.717, 1.165) is 5.56 Å². The number of benzene rings is 2. The summed E-state index contributed by atoms with van der Waals surface area (Å²) < 4.78 is 5.63. The first-order valence-electron chi connectivity index (χ1n) is 5.76. The number of nitrogen functional groups attached to an aromatic ring is 1. The molecule has 5 heteroatoms. The summed E-state index contributed by atoms with van der Waals surface area (Å²) in [5.74, 6) is 1.07. The first kappa shape index (κ1) is 12.9. The fourth-order valence-electron chi connectivity index (χ4n) is 1.65. The van der Waals surface area contributed by atoms with Gasteiger partial charge in [-0.15, -0.1) is 0 Å². The molecule has 0 aliphatic heterocycles. The lowest BCUT2D eigenvalue weighted by Gasteiger charge is -2.09. The van der Waals surface area contributed by atoms with Crippen molar-refractivity contribution in [2.75, 3.05) is 5.73 Å². The average Bonchev–Trinajstić information content (AvgIpc) is 2.36. The average molecular weight is 258 g/mol. The van der Waals surface area contributed by atoms with E-state index in [9.17, 15) is 10.1 Å². The Hall–Kier alpha value is -2.56. The van der Waals surface area contributed by atoms with E-state index in [1.807, 2.05) is 32.0 Å². The molecule has 0 saturated heterocycles. The van der Waals surface area contributed by atoms with Gasteiger partial charge in [0.25, 0.3) is 5.69 Å². The molecule has 0 aromatic heterocycles. The Morgan fingerprint density at radius 3 is 2.42 bits per heavy atom. The third kappa shape index (κ3) is 2.82. The molecule has 0 saturated carbocycles. The molecule has 2 rings (SSSR count). The summed E-state index contributed by atoms with van der Waals surface area (Å²) in [6.45, 7) is 4.00. The molecule has 0 fully saturated rings. The summed E-state index contributed by atoms with van der Waals surface area (Å²) in [5.41, 5.74) is 8.22. The van der Waals surface area contributed by atoms with Crippen molar-refractivity contribution in [2.45, 2.75) is 13.8 Å². The molecule has 0 unspecified atom stereocenters. The number of non-ortho nitro benzene ring substituents is 1. The van der Waals surface area contributed by atoms with Gasteiger partial charge in [-0.1, -0.05) is 6.07 Å². The van der Waals surface area contributed by atoms with Crippen LogP contribution in [0, 0.1) is 24.0 Å². The van der Waals surface area contributed by atoms with E-state index in [1.165, 1.54) is 23.8 Å². The fraction of sp³-hybridized carbons (Fsp3) is 0.143. The molecule has 0 heterocycles. The SMILES string of the molecule is Cc1ccc(Oc2ccc([N+](=O)[O-])cc2N)cc1C. The highest BCUT2D eigenvalue weighted by Crippen LogP contribution is 2.31. The molecule has 5 nitrogen and oxygen atoms in total. The number of hydrogen-bond acceptors (Lipinski definition) is 4. The largest absolute Gasteiger partial charge is 0.455 e. The third-order valence-corrected chi connectivity index (χ3v) is 2.91. The maximum atomic E-state index is 10.6. The Bertz CT molecular complexity index is 639. The lowest BCUT2D eigenvalue weighted by molar-refractivity contribution is -0.384. The fourth-order valence-corrected chi connectivity index (χ4v) is 1.65. The van der Waals surface area contributed by atoms with Crippen molar-refractivity contribution >= 4 is 11.4 Å². The molecule has 0 aliphatic rings. The van der Waals surface area contributed by atoms with E-state index < -0.39 is 4.92 Å². The quantitative estimate of drug-likeness (QED) is 0.518. The minimum Gasteiger partial charge on any atom is -0.455 e. The molecule has 0 atom stereocenters. The molecule has 98 valence electrons. The van der Waals surface area contributed by atoms with Crippen molar-refractivity contribution in [3.05, 3.63) is 57.6 Å². The van der Waals surface area contributed by atoms with Gasteiger partial charge in [0.05, 0.1) is 10.6 Å². The second-order valence-corrected chi connectivity index (χ2v) is 4.33. The van der Waals surface area contributed by atoms with E-state index in [-0.39, 0.29) is 11.4 Å². The van der Waals surface area contributed by atoms with E-state index >= 15 is 0 Å². The van der Waals surface area contributed by atoms with Crippen molar-refractivity contribution in [1.82, 2.24) is 0 Å². The van der Waals surface area contributed by atoms with Crippen molar-refractivity contribution < 1.29 is 9.66 Å². The molecule has 2 aromatic carbocycles. The predicted molar refractivity (Wildman–Crippen MR) is 73.5 cm³/mol. The van der Waals surface area contributed by atoms with E-state index in [2.05, 4.69) is 0 Å². The number of ether oxygens (including phenoxy) is 1. The Labute approximate surface area is 110 Å². The molecule has 2 aromatic rings. The number of nitro benzene ring substituents is 1. The summed E-state index contributed by atoms with van der Waals surface area (Å²) >= 11 is 0. The highest BCUT2D eigenvalue weighted by Gasteiger charge is 2.10. The lowest BCUT2D eigenvalue weighted by atomic mass is 10.1. The third-order valence-electron chi connectivity index (χ3n) is 2.91. The minimum atomic E-state index is -0.490. The van der Waals surface area contributed by atoms with E-state index in [0.29, 0.717) is 11.5 Å². The number of hydrogen-bond donors (Lipinski definition) is 1. The Morgan fingerprint density at radius 2 is 1.84 bits per heavy atom.